The van der Waals surface area contributed by atoms with Crippen LogP contribution in [-0.2, 0) is 12.0 Å². The molecule has 2 aromatic rings. The molecule has 1 aromatic carbocycles. The van der Waals surface area contributed by atoms with Gasteiger partial charge in [-0.15, -0.1) is 17.0 Å². The molecule has 0 radical (unpaired) electrons. The molecule has 2 aliphatic rings. The molecule has 0 unspecified atom stereocenters. The van der Waals surface area contributed by atoms with Gasteiger partial charge in [0.1, 0.15) is 17.3 Å². The number of amidine groups is 1. The van der Waals surface area contributed by atoms with Crippen LogP contribution < -0.4 is 19.7 Å². The predicted molar refractivity (Wildman–Crippen MR) is 163 cm³/mol. The van der Waals surface area contributed by atoms with Gasteiger partial charge in [-0.05, 0) is 43.4 Å². The van der Waals surface area contributed by atoms with E-state index in [4.69, 9.17) is 14.9 Å². The summed E-state index contributed by atoms with van der Waals surface area (Å²) in [6.07, 6.45) is 1.53. The van der Waals surface area contributed by atoms with Gasteiger partial charge >= 0.3 is 0 Å². The third kappa shape index (κ3) is 6.48. The number of pyridine rings is 1. The summed E-state index contributed by atoms with van der Waals surface area (Å²) in [5, 5.41) is 20.7. The van der Waals surface area contributed by atoms with Crippen LogP contribution in [0.15, 0.2) is 18.2 Å². The van der Waals surface area contributed by atoms with Crippen molar-refractivity contribution in [3.8, 4) is 17.6 Å². The van der Waals surface area contributed by atoms with Crippen LogP contribution in [0.5, 0.6) is 11.5 Å². The number of nitriles is 1. The fourth-order valence-corrected chi connectivity index (χ4v) is 5.27. The van der Waals surface area contributed by atoms with E-state index >= 15 is 0 Å². The second-order valence-corrected chi connectivity index (χ2v) is 11.2. The fourth-order valence-electron chi connectivity index (χ4n) is 5.27. The Balaban J connectivity index is 0.00000462. The molecule has 0 saturated carbocycles. The normalized spacial score (nSPS) is 15.1. The number of aromatic nitrogens is 1. The molecule has 3 heterocycles. The minimum Gasteiger partial charge on any atom is -0.494 e. The van der Waals surface area contributed by atoms with E-state index in [9.17, 15) is 14.9 Å². The summed E-state index contributed by atoms with van der Waals surface area (Å²) >= 11 is 0. The quantitative estimate of drug-likeness (QED) is 0.410. The van der Waals surface area contributed by atoms with Crippen molar-refractivity contribution < 1.29 is 19.1 Å². The van der Waals surface area contributed by atoms with Gasteiger partial charge in [-0.3, -0.25) is 15.0 Å². The maximum absolute atomic E-state index is 13.8. The Morgan fingerprint density at radius 3 is 2.46 bits per heavy atom. The summed E-state index contributed by atoms with van der Waals surface area (Å²) in [5.41, 5.74) is 3.27. The molecule has 11 heteroatoms. The molecule has 1 amide bonds. The molecule has 41 heavy (non-hydrogen) atoms. The minimum atomic E-state index is -0.396. The zero-order valence-electron chi connectivity index (χ0n) is 24.6. The van der Waals surface area contributed by atoms with Gasteiger partial charge < -0.3 is 24.6 Å². The maximum Gasteiger partial charge on any atom is 0.273 e. The number of nitrogens with one attached hydrogen (secondary N) is 2. The van der Waals surface area contributed by atoms with Crippen LogP contribution in [0, 0.1) is 22.7 Å². The third-order valence-corrected chi connectivity index (χ3v) is 7.47. The van der Waals surface area contributed by atoms with Gasteiger partial charge in [0.15, 0.2) is 17.2 Å². The number of piperidine rings is 1. The minimum absolute atomic E-state index is 0. The van der Waals surface area contributed by atoms with E-state index in [1.54, 1.807) is 18.1 Å². The number of halogens is 1. The Morgan fingerprint density at radius 1 is 1.22 bits per heavy atom. The molecule has 1 aromatic heterocycles. The van der Waals surface area contributed by atoms with Gasteiger partial charge in [-0.2, -0.15) is 5.26 Å². The van der Waals surface area contributed by atoms with E-state index in [0.717, 1.165) is 35.4 Å². The highest BCUT2D eigenvalue weighted by Gasteiger charge is 2.32. The van der Waals surface area contributed by atoms with E-state index in [-0.39, 0.29) is 52.2 Å². The summed E-state index contributed by atoms with van der Waals surface area (Å²) in [7, 11) is 3.17. The standard InChI is InChI=1S/C30H38N6O4.BrH/c1-7-40-24-14-20-16-36(28(32)25(20)34-26(24)29(38)33-5)17-23(37)19-12-21(30(2,3)4)27(39-6)22(13-19)35-10-8-18(15-31)9-11-35;/h12-14,18,32H,7-11,16-17H2,1-6H3,(H,33,38);1H. The van der Waals surface area contributed by atoms with Gasteiger partial charge in [0.05, 0.1) is 32.0 Å². The molecule has 1 fully saturated rings. The fraction of sp³-hybridized carbons (Fsp3) is 0.500. The molecule has 0 aliphatic carbocycles. The number of anilines is 1. The first-order valence-electron chi connectivity index (χ1n) is 13.6. The Morgan fingerprint density at radius 2 is 1.90 bits per heavy atom. The monoisotopic (exact) mass is 626 g/mol. The topological polar surface area (TPSA) is 132 Å². The molecule has 2 N–H and O–H groups in total. The number of nitrogens with zero attached hydrogens (tertiary/aromatic N) is 4. The largest absolute Gasteiger partial charge is 0.494 e. The highest BCUT2D eigenvalue weighted by Crippen LogP contribution is 2.41. The van der Waals surface area contributed by atoms with Crippen molar-refractivity contribution in [1.29, 1.82) is 10.7 Å². The van der Waals surface area contributed by atoms with Crippen LogP contribution in [0.25, 0.3) is 0 Å². The Bertz CT molecular complexity index is 1370. The van der Waals surface area contributed by atoms with Crippen molar-refractivity contribution in [2.75, 3.05) is 45.3 Å². The number of amides is 1. The summed E-state index contributed by atoms with van der Waals surface area (Å²) in [6.45, 7) is 10.2. The Labute approximate surface area is 252 Å². The Hall–Kier alpha value is -3.65. The Kier molecular flexibility index (Phi) is 10.0. The number of carbonyl (C=O) groups is 2. The summed E-state index contributed by atoms with van der Waals surface area (Å²) in [5.74, 6) is 0.715. The second kappa shape index (κ2) is 12.9. The summed E-state index contributed by atoms with van der Waals surface area (Å²) in [4.78, 5) is 34.5. The van der Waals surface area contributed by atoms with Crippen molar-refractivity contribution in [2.45, 2.75) is 52.5 Å². The number of ether oxygens (including phenoxy) is 2. The van der Waals surface area contributed by atoms with Crippen molar-refractivity contribution in [2.24, 2.45) is 5.92 Å². The smallest absolute Gasteiger partial charge is 0.273 e. The predicted octanol–water partition coefficient (Wildman–Crippen LogP) is 4.49. The molecule has 4 rings (SSSR count). The molecular formula is C30H39BrN6O4. The highest BCUT2D eigenvalue weighted by atomic mass is 79.9. The number of fused-ring (bicyclic) bond motifs is 1. The van der Waals surface area contributed by atoms with Crippen LogP contribution in [0.4, 0.5) is 5.69 Å². The first-order valence-corrected chi connectivity index (χ1v) is 13.6. The van der Waals surface area contributed by atoms with Crippen LogP contribution >= 0.6 is 17.0 Å². The van der Waals surface area contributed by atoms with Gasteiger partial charge in [0.25, 0.3) is 5.91 Å². The van der Waals surface area contributed by atoms with Crippen molar-refractivity contribution in [3.63, 3.8) is 0 Å². The third-order valence-electron chi connectivity index (χ3n) is 7.47. The zero-order chi connectivity index (χ0) is 29.2. The number of carbonyl (C=O) groups excluding carboxylic acids is 2. The van der Waals surface area contributed by atoms with Gasteiger partial charge in [-0.1, -0.05) is 20.8 Å². The number of ketones is 1. The van der Waals surface area contributed by atoms with Crippen molar-refractivity contribution in [3.05, 3.63) is 46.3 Å². The number of hydrogen-bond donors (Lipinski definition) is 2. The molecule has 10 nitrogen and oxygen atoms in total. The molecular weight excluding hydrogens is 588 g/mol. The number of rotatable bonds is 8. The van der Waals surface area contributed by atoms with Gasteiger partial charge in [-0.25, -0.2) is 4.98 Å². The number of Topliss-reactive ketones (excluding diaryl/α,β-unsaturated/α-hetero) is 1. The zero-order valence-corrected chi connectivity index (χ0v) is 26.3. The average molecular weight is 628 g/mol. The second-order valence-electron chi connectivity index (χ2n) is 11.2. The lowest BCUT2D eigenvalue weighted by Gasteiger charge is -2.34. The van der Waals surface area contributed by atoms with Crippen molar-refractivity contribution in [1.82, 2.24) is 15.2 Å². The molecule has 220 valence electrons. The van der Waals surface area contributed by atoms with Gasteiger partial charge in [0, 0.05) is 49.3 Å². The lowest BCUT2D eigenvalue weighted by Crippen LogP contribution is -2.34. The highest BCUT2D eigenvalue weighted by molar-refractivity contribution is 8.93. The lowest BCUT2D eigenvalue weighted by molar-refractivity contribution is 0.0949. The SMILES string of the molecule is Br.CCOc1cc2c(nc1C(=O)NC)C(=N)N(CC(=O)c1cc(N3CCC(C#N)CC3)c(OC)c(C(C)(C)C)c1)C2. The van der Waals surface area contributed by atoms with Crippen LogP contribution in [0.1, 0.15) is 78.2 Å². The van der Waals surface area contributed by atoms with E-state index < -0.39 is 5.91 Å². The number of hydrogen-bond acceptors (Lipinski definition) is 8. The summed E-state index contributed by atoms with van der Waals surface area (Å²) in [6, 6.07) is 7.89. The molecule has 0 spiro atoms. The average Bonchev–Trinajstić information content (AvgIpc) is 3.24. The molecule has 0 atom stereocenters. The van der Waals surface area contributed by atoms with E-state index in [0.29, 0.717) is 43.2 Å². The van der Waals surface area contributed by atoms with Crippen LogP contribution in [0.2, 0.25) is 0 Å². The van der Waals surface area contributed by atoms with Crippen LogP contribution in [0.3, 0.4) is 0 Å². The maximum atomic E-state index is 13.8. The molecule has 1 saturated heterocycles. The first-order chi connectivity index (χ1) is 19.0. The van der Waals surface area contributed by atoms with E-state index in [1.165, 1.54) is 7.05 Å². The first kappa shape index (κ1) is 31.9. The molecule has 2 aliphatic heterocycles. The number of methoxy groups -OCH3 is 1. The van der Waals surface area contributed by atoms with Crippen molar-refractivity contribution >= 4 is 40.2 Å². The lowest BCUT2D eigenvalue weighted by atomic mass is 9.84. The van der Waals surface area contributed by atoms with E-state index in [1.807, 2.05) is 19.1 Å². The van der Waals surface area contributed by atoms with Crippen LogP contribution in [-0.4, -0.2) is 67.8 Å². The summed E-state index contributed by atoms with van der Waals surface area (Å²) < 4.78 is 11.5. The number of benzene rings is 1. The van der Waals surface area contributed by atoms with Gasteiger partial charge in [0.2, 0.25) is 0 Å². The van der Waals surface area contributed by atoms with E-state index in [2.05, 4.69) is 42.0 Å². The molecule has 0 bridgehead atoms.